The highest BCUT2D eigenvalue weighted by molar-refractivity contribution is 5.81. The van der Waals surface area contributed by atoms with Crippen LogP contribution >= 0.6 is 0 Å². The molecule has 0 aromatic heterocycles. The molecule has 2 aliphatic rings. The third kappa shape index (κ3) is 2.55. The van der Waals surface area contributed by atoms with Crippen LogP contribution in [-0.4, -0.2) is 30.7 Å². The summed E-state index contributed by atoms with van der Waals surface area (Å²) in [7, 11) is 0. The van der Waals surface area contributed by atoms with Crippen molar-refractivity contribution in [2.24, 2.45) is 11.7 Å². The lowest BCUT2D eigenvalue weighted by molar-refractivity contribution is -0.133. The van der Waals surface area contributed by atoms with Crippen LogP contribution in [0, 0.1) is 5.92 Å². The van der Waals surface area contributed by atoms with Crippen LogP contribution in [0.5, 0.6) is 0 Å². The van der Waals surface area contributed by atoms with Crippen molar-refractivity contribution in [1.29, 1.82) is 0 Å². The summed E-state index contributed by atoms with van der Waals surface area (Å²) in [5, 5.41) is 3.06. The van der Waals surface area contributed by atoms with Crippen molar-refractivity contribution in [3.63, 3.8) is 0 Å². The highest BCUT2D eigenvalue weighted by Crippen LogP contribution is 2.29. The van der Waals surface area contributed by atoms with E-state index >= 15 is 0 Å². The van der Waals surface area contributed by atoms with Crippen LogP contribution in [0.2, 0.25) is 0 Å². The highest BCUT2D eigenvalue weighted by atomic mass is 16.5. The van der Waals surface area contributed by atoms with Crippen molar-refractivity contribution in [3.05, 3.63) is 0 Å². The number of rotatable bonds is 4. The van der Waals surface area contributed by atoms with E-state index in [1.807, 2.05) is 0 Å². The second-order valence-electron chi connectivity index (χ2n) is 5.05. The van der Waals surface area contributed by atoms with Gasteiger partial charge >= 0.3 is 0 Å². The summed E-state index contributed by atoms with van der Waals surface area (Å²) in [6.45, 7) is 2.61. The highest BCUT2D eigenvalue weighted by Gasteiger charge is 2.32. The first-order valence-electron chi connectivity index (χ1n) is 6.36. The third-order valence-corrected chi connectivity index (χ3v) is 3.89. The van der Waals surface area contributed by atoms with E-state index in [1.165, 1.54) is 19.3 Å². The van der Waals surface area contributed by atoms with Gasteiger partial charge in [-0.1, -0.05) is 6.42 Å². The quantitative estimate of drug-likeness (QED) is 0.745. The van der Waals surface area contributed by atoms with E-state index in [0.29, 0.717) is 18.5 Å². The van der Waals surface area contributed by atoms with E-state index in [9.17, 15) is 4.79 Å². The lowest BCUT2D eigenvalue weighted by Gasteiger charge is -2.32. The van der Waals surface area contributed by atoms with Crippen LogP contribution in [0.1, 0.15) is 39.0 Å². The SMILES string of the molecule is CC(NC(=O)C1CCC(CN)O1)C1CCC1. The molecule has 3 atom stereocenters. The minimum Gasteiger partial charge on any atom is -0.364 e. The van der Waals surface area contributed by atoms with Gasteiger partial charge in [0.1, 0.15) is 6.10 Å². The van der Waals surface area contributed by atoms with Gasteiger partial charge in [-0.2, -0.15) is 0 Å². The molecule has 92 valence electrons. The second-order valence-corrected chi connectivity index (χ2v) is 5.05. The van der Waals surface area contributed by atoms with Gasteiger partial charge in [0, 0.05) is 12.6 Å². The number of ether oxygens (including phenoxy) is 1. The summed E-state index contributed by atoms with van der Waals surface area (Å²) >= 11 is 0. The molecule has 1 saturated carbocycles. The Labute approximate surface area is 96.9 Å². The molecular weight excluding hydrogens is 204 g/mol. The standard InChI is InChI=1S/C12H22N2O2/c1-8(9-3-2-4-9)14-12(15)11-6-5-10(7-13)16-11/h8-11H,2-7,13H2,1H3,(H,14,15). The van der Waals surface area contributed by atoms with E-state index in [2.05, 4.69) is 12.2 Å². The van der Waals surface area contributed by atoms with E-state index in [0.717, 1.165) is 12.8 Å². The number of nitrogens with one attached hydrogen (secondary N) is 1. The molecule has 1 amide bonds. The van der Waals surface area contributed by atoms with Crippen LogP contribution in [0.15, 0.2) is 0 Å². The van der Waals surface area contributed by atoms with Gasteiger partial charge in [0.15, 0.2) is 0 Å². The van der Waals surface area contributed by atoms with Crippen molar-refractivity contribution in [3.8, 4) is 0 Å². The van der Waals surface area contributed by atoms with Gasteiger partial charge in [0.2, 0.25) is 5.91 Å². The van der Waals surface area contributed by atoms with Crippen LogP contribution in [0.4, 0.5) is 0 Å². The largest absolute Gasteiger partial charge is 0.364 e. The minimum atomic E-state index is -0.268. The Balaban J connectivity index is 1.75. The molecule has 0 aromatic rings. The average molecular weight is 226 g/mol. The van der Waals surface area contributed by atoms with Gasteiger partial charge in [-0.15, -0.1) is 0 Å². The fraction of sp³-hybridized carbons (Fsp3) is 0.917. The van der Waals surface area contributed by atoms with Crippen molar-refractivity contribution in [2.45, 2.75) is 57.3 Å². The monoisotopic (exact) mass is 226 g/mol. The Bertz CT molecular complexity index is 253. The number of amides is 1. The summed E-state index contributed by atoms with van der Waals surface area (Å²) in [5.41, 5.74) is 5.52. The van der Waals surface area contributed by atoms with Crippen molar-refractivity contribution >= 4 is 5.91 Å². The van der Waals surface area contributed by atoms with Gasteiger partial charge in [-0.25, -0.2) is 0 Å². The predicted molar refractivity (Wildman–Crippen MR) is 61.9 cm³/mol. The van der Waals surface area contributed by atoms with Crippen LogP contribution < -0.4 is 11.1 Å². The molecule has 3 N–H and O–H groups in total. The Morgan fingerprint density at radius 3 is 2.69 bits per heavy atom. The Hall–Kier alpha value is -0.610. The molecule has 4 nitrogen and oxygen atoms in total. The molecule has 1 heterocycles. The van der Waals surface area contributed by atoms with Gasteiger partial charge in [0.05, 0.1) is 6.10 Å². The molecule has 2 rings (SSSR count). The summed E-state index contributed by atoms with van der Waals surface area (Å²) in [6.07, 6.45) is 5.33. The molecule has 1 aliphatic carbocycles. The zero-order valence-electron chi connectivity index (χ0n) is 9.95. The summed E-state index contributed by atoms with van der Waals surface area (Å²) < 4.78 is 5.57. The molecule has 1 saturated heterocycles. The maximum absolute atomic E-state index is 11.9. The molecule has 1 aliphatic heterocycles. The number of carbonyl (C=O) groups excluding carboxylic acids is 1. The van der Waals surface area contributed by atoms with Gasteiger partial charge in [-0.3, -0.25) is 4.79 Å². The minimum absolute atomic E-state index is 0.0513. The van der Waals surface area contributed by atoms with Crippen LogP contribution in [-0.2, 0) is 9.53 Å². The summed E-state index contributed by atoms with van der Waals surface area (Å²) in [4.78, 5) is 11.9. The van der Waals surface area contributed by atoms with Crippen molar-refractivity contribution in [1.82, 2.24) is 5.32 Å². The first kappa shape index (κ1) is 11.9. The van der Waals surface area contributed by atoms with E-state index in [4.69, 9.17) is 10.5 Å². The number of hydrogen-bond donors (Lipinski definition) is 2. The lowest BCUT2D eigenvalue weighted by atomic mass is 9.80. The number of hydrogen-bond acceptors (Lipinski definition) is 3. The molecule has 3 unspecified atom stereocenters. The maximum atomic E-state index is 11.9. The molecule has 0 spiro atoms. The predicted octanol–water partition coefficient (Wildman–Crippen LogP) is 0.797. The molecule has 0 bridgehead atoms. The average Bonchev–Trinajstić information content (AvgIpc) is 2.62. The van der Waals surface area contributed by atoms with E-state index in [1.54, 1.807) is 0 Å². The van der Waals surface area contributed by atoms with Crippen LogP contribution in [0.3, 0.4) is 0 Å². The molecule has 16 heavy (non-hydrogen) atoms. The van der Waals surface area contributed by atoms with E-state index in [-0.39, 0.29) is 18.1 Å². The van der Waals surface area contributed by atoms with Crippen molar-refractivity contribution in [2.75, 3.05) is 6.54 Å². The first-order chi connectivity index (χ1) is 7.70. The lowest BCUT2D eigenvalue weighted by Crippen LogP contribution is -2.45. The summed E-state index contributed by atoms with van der Waals surface area (Å²) in [6, 6.07) is 0.293. The zero-order chi connectivity index (χ0) is 11.5. The molecule has 4 heteroatoms. The molecule has 0 aromatic carbocycles. The van der Waals surface area contributed by atoms with Crippen molar-refractivity contribution < 1.29 is 9.53 Å². The Kier molecular flexibility index (Phi) is 3.82. The smallest absolute Gasteiger partial charge is 0.249 e. The zero-order valence-corrected chi connectivity index (χ0v) is 9.95. The van der Waals surface area contributed by atoms with Gasteiger partial charge < -0.3 is 15.8 Å². The number of nitrogens with two attached hydrogens (primary N) is 1. The molecule has 0 radical (unpaired) electrons. The fourth-order valence-electron chi connectivity index (χ4n) is 2.45. The molecular formula is C12H22N2O2. The van der Waals surface area contributed by atoms with E-state index < -0.39 is 0 Å². The normalized spacial score (nSPS) is 32.1. The maximum Gasteiger partial charge on any atom is 0.249 e. The number of carbonyl (C=O) groups is 1. The van der Waals surface area contributed by atoms with Crippen LogP contribution in [0.25, 0.3) is 0 Å². The van der Waals surface area contributed by atoms with Gasteiger partial charge in [0.25, 0.3) is 0 Å². The third-order valence-electron chi connectivity index (χ3n) is 3.89. The second kappa shape index (κ2) is 5.15. The molecule has 2 fully saturated rings. The topological polar surface area (TPSA) is 64.4 Å². The fourth-order valence-corrected chi connectivity index (χ4v) is 2.45. The summed E-state index contributed by atoms with van der Waals surface area (Å²) in [5.74, 6) is 0.728. The first-order valence-corrected chi connectivity index (χ1v) is 6.36. The van der Waals surface area contributed by atoms with Gasteiger partial charge in [-0.05, 0) is 38.5 Å². The Morgan fingerprint density at radius 2 is 2.19 bits per heavy atom. The Morgan fingerprint density at radius 1 is 1.44 bits per heavy atom.